The number of aliphatic hydroxyl groups is 4. The molecule has 0 aromatic heterocycles. The van der Waals surface area contributed by atoms with E-state index in [2.05, 4.69) is 0 Å². The van der Waals surface area contributed by atoms with Crippen molar-refractivity contribution in [3.8, 4) is 0 Å². The van der Waals surface area contributed by atoms with Crippen LogP contribution in [0.5, 0.6) is 0 Å². The Balaban J connectivity index is 0. The quantitative estimate of drug-likeness (QED) is 0.559. The van der Waals surface area contributed by atoms with Gasteiger partial charge in [-0.05, 0) is 27.2 Å². The maximum Gasteiger partial charge on any atom is 0.0872 e. The molecule has 0 saturated carbocycles. The van der Waals surface area contributed by atoms with Crippen molar-refractivity contribution in [2.75, 3.05) is 6.61 Å². The molecule has 0 saturated heterocycles. The van der Waals surface area contributed by atoms with Crippen LogP contribution in [0.4, 0.5) is 0 Å². The first-order valence-corrected chi connectivity index (χ1v) is 5.38. The lowest BCUT2D eigenvalue weighted by atomic mass is 9.98. The van der Waals surface area contributed by atoms with Gasteiger partial charge in [0, 0.05) is 12.5 Å². The molecule has 0 fully saturated rings. The Kier molecular flexibility index (Phi) is 9.25. The van der Waals surface area contributed by atoms with Gasteiger partial charge in [-0.15, -0.1) is 0 Å². The summed E-state index contributed by atoms with van der Waals surface area (Å²) in [7, 11) is 0. The molecule has 0 heterocycles. The molecule has 0 bridgehead atoms. The molecule has 4 N–H and O–H groups in total. The van der Waals surface area contributed by atoms with E-state index in [0.29, 0.717) is 6.42 Å². The van der Waals surface area contributed by atoms with E-state index in [4.69, 9.17) is 20.4 Å². The third-order valence-corrected chi connectivity index (χ3v) is 2.73. The lowest BCUT2D eigenvalue weighted by molar-refractivity contribution is -0.0541. The minimum absolute atomic E-state index is 0.0139. The number of aliphatic hydroxyl groups excluding tert-OH is 3. The number of rotatable bonds is 4. The standard InChI is InChI=1S/C6H14O2.C5H12O2/c1-4-6(3,8)5(2)7;1-4(3-6)5(2)7/h5,7-8H,4H2,1-3H3;4-7H,3H2,1-2H3. The molecule has 4 heteroatoms. The molecule has 15 heavy (non-hydrogen) atoms. The van der Waals surface area contributed by atoms with Crippen molar-refractivity contribution in [2.45, 2.75) is 58.8 Å². The van der Waals surface area contributed by atoms with Crippen LogP contribution in [-0.2, 0) is 0 Å². The molecular weight excluding hydrogens is 196 g/mol. The highest BCUT2D eigenvalue weighted by Crippen LogP contribution is 2.12. The van der Waals surface area contributed by atoms with Crippen molar-refractivity contribution in [3.05, 3.63) is 0 Å². The molecule has 0 aromatic rings. The molecule has 4 atom stereocenters. The van der Waals surface area contributed by atoms with Gasteiger partial charge in [0.1, 0.15) is 0 Å². The summed E-state index contributed by atoms with van der Waals surface area (Å²) in [4.78, 5) is 0. The Morgan fingerprint density at radius 2 is 1.53 bits per heavy atom. The van der Waals surface area contributed by atoms with Crippen LogP contribution in [0.3, 0.4) is 0 Å². The highest BCUT2D eigenvalue weighted by Gasteiger charge is 2.23. The van der Waals surface area contributed by atoms with E-state index in [1.807, 2.05) is 6.92 Å². The molecule has 0 spiro atoms. The Morgan fingerprint density at radius 3 is 1.53 bits per heavy atom. The van der Waals surface area contributed by atoms with Crippen molar-refractivity contribution in [1.82, 2.24) is 0 Å². The summed E-state index contributed by atoms with van der Waals surface area (Å²) in [6, 6.07) is 0. The highest BCUT2D eigenvalue weighted by atomic mass is 16.3. The maximum atomic E-state index is 9.15. The van der Waals surface area contributed by atoms with Gasteiger partial charge in [-0.1, -0.05) is 13.8 Å². The molecule has 0 rings (SSSR count). The lowest BCUT2D eigenvalue weighted by Gasteiger charge is -2.24. The van der Waals surface area contributed by atoms with Crippen LogP contribution in [0.15, 0.2) is 0 Å². The summed E-state index contributed by atoms with van der Waals surface area (Å²) in [6.45, 7) is 8.58. The first kappa shape index (κ1) is 17.2. The van der Waals surface area contributed by atoms with Crippen LogP contribution in [0.2, 0.25) is 0 Å². The summed E-state index contributed by atoms with van der Waals surface area (Å²) in [6.07, 6.45) is -0.428. The predicted octanol–water partition coefficient (Wildman–Crippen LogP) is 0.524. The SMILES string of the molecule is CC(O)C(C)CO.CCC(C)(O)C(C)O. The van der Waals surface area contributed by atoms with E-state index in [0.717, 1.165) is 0 Å². The molecule has 0 radical (unpaired) electrons. The van der Waals surface area contributed by atoms with E-state index in [-0.39, 0.29) is 18.6 Å². The van der Waals surface area contributed by atoms with Crippen LogP contribution in [-0.4, -0.2) is 44.8 Å². The highest BCUT2D eigenvalue weighted by molar-refractivity contribution is 4.75. The third kappa shape index (κ3) is 8.81. The molecular formula is C11H26O4. The summed E-state index contributed by atoms with van der Waals surface area (Å²) in [5.74, 6) is 0.0139. The van der Waals surface area contributed by atoms with Crippen LogP contribution in [0.25, 0.3) is 0 Å². The summed E-state index contributed by atoms with van der Waals surface area (Å²) < 4.78 is 0. The molecule has 94 valence electrons. The average molecular weight is 222 g/mol. The van der Waals surface area contributed by atoms with Gasteiger partial charge < -0.3 is 20.4 Å². The first-order chi connectivity index (χ1) is 6.68. The molecule has 0 aliphatic rings. The summed E-state index contributed by atoms with van der Waals surface area (Å²) in [5.41, 5.74) is -0.903. The van der Waals surface area contributed by atoms with Crippen LogP contribution < -0.4 is 0 Å². The van der Waals surface area contributed by atoms with Gasteiger partial charge in [-0.25, -0.2) is 0 Å². The predicted molar refractivity (Wildman–Crippen MR) is 60.5 cm³/mol. The van der Waals surface area contributed by atoms with Crippen molar-refractivity contribution >= 4 is 0 Å². The van der Waals surface area contributed by atoms with E-state index in [9.17, 15) is 0 Å². The fourth-order valence-corrected chi connectivity index (χ4v) is 0.448. The zero-order valence-corrected chi connectivity index (χ0v) is 10.4. The third-order valence-electron chi connectivity index (χ3n) is 2.73. The van der Waals surface area contributed by atoms with Gasteiger partial charge >= 0.3 is 0 Å². The zero-order chi connectivity index (χ0) is 12.6. The summed E-state index contributed by atoms with van der Waals surface area (Å²) in [5, 5.41) is 35.0. The average Bonchev–Trinajstić information content (AvgIpc) is 2.17. The minimum Gasteiger partial charge on any atom is -0.396 e. The van der Waals surface area contributed by atoms with E-state index < -0.39 is 11.7 Å². The van der Waals surface area contributed by atoms with E-state index in [1.54, 1.807) is 27.7 Å². The van der Waals surface area contributed by atoms with Crippen molar-refractivity contribution in [2.24, 2.45) is 5.92 Å². The Morgan fingerprint density at radius 1 is 1.13 bits per heavy atom. The van der Waals surface area contributed by atoms with Crippen LogP contribution >= 0.6 is 0 Å². The van der Waals surface area contributed by atoms with Gasteiger partial charge in [0.15, 0.2) is 0 Å². The van der Waals surface area contributed by atoms with E-state index >= 15 is 0 Å². The second-order valence-corrected chi connectivity index (χ2v) is 4.29. The second kappa shape index (κ2) is 8.05. The van der Waals surface area contributed by atoms with Gasteiger partial charge in [-0.2, -0.15) is 0 Å². The molecule has 0 amide bonds. The number of hydrogen-bond acceptors (Lipinski definition) is 4. The van der Waals surface area contributed by atoms with Gasteiger partial charge in [-0.3, -0.25) is 0 Å². The van der Waals surface area contributed by atoms with Crippen molar-refractivity contribution in [1.29, 1.82) is 0 Å². The molecule has 4 nitrogen and oxygen atoms in total. The van der Waals surface area contributed by atoms with Crippen molar-refractivity contribution in [3.63, 3.8) is 0 Å². The first-order valence-electron chi connectivity index (χ1n) is 5.38. The van der Waals surface area contributed by atoms with Gasteiger partial charge in [0.25, 0.3) is 0 Å². The van der Waals surface area contributed by atoms with Gasteiger partial charge in [0.05, 0.1) is 17.8 Å². The van der Waals surface area contributed by atoms with Gasteiger partial charge in [0.2, 0.25) is 0 Å². The molecule has 0 aliphatic carbocycles. The molecule has 0 aliphatic heterocycles. The van der Waals surface area contributed by atoms with Crippen LogP contribution in [0.1, 0.15) is 41.0 Å². The molecule has 0 aromatic carbocycles. The lowest BCUT2D eigenvalue weighted by Crippen LogP contribution is -2.35. The van der Waals surface area contributed by atoms with E-state index in [1.165, 1.54) is 0 Å². The Labute approximate surface area is 92.6 Å². The minimum atomic E-state index is -0.903. The smallest absolute Gasteiger partial charge is 0.0872 e. The van der Waals surface area contributed by atoms with Crippen molar-refractivity contribution < 1.29 is 20.4 Å². The molecule has 4 unspecified atom stereocenters. The number of hydrogen-bond donors (Lipinski definition) is 4. The monoisotopic (exact) mass is 222 g/mol. The maximum absolute atomic E-state index is 9.15. The Hall–Kier alpha value is -0.160. The Bertz CT molecular complexity index is 144. The second-order valence-electron chi connectivity index (χ2n) is 4.29. The topological polar surface area (TPSA) is 80.9 Å². The largest absolute Gasteiger partial charge is 0.396 e. The fourth-order valence-electron chi connectivity index (χ4n) is 0.448. The van der Waals surface area contributed by atoms with Crippen LogP contribution in [0, 0.1) is 5.92 Å². The zero-order valence-electron chi connectivity index (χ0n) is 10.4. The summed E-state index contributed by atoms with van der Waals surface area (Å²) >= 11 is 0. The normalized spacial score (nSPS) is 20.6. The fraction of sp³-hybridized carbons (Fsp3) is 1.00.